The van der Waals surface area contributed by atoms with Gasteiger partial charge in [0.2, 0.25) is 0 Å². The van der Waals surface area contributed by atoms with Gasteiger partial charge in [-0.1, -0.05) is 25.4 Å². The first-order valence-electron chi connectivity index (χ1n) is 11.7. The standard InChI is InChI=1S/C24H26ClF3N4O5S/c1-14(2)16-9-20-30-17(21(33)31-23(3)4-6-38(34,35)7-5-23)11-32(20)12-19(16)37-22-18(8-15(25)10-29-22)36-13-24(26,27)28/h8-12,14H,4-7,13H2,1-3H3,(H,31,33). The molecule has 0 saturated carbocycles. The number of fused-ring (bicyclic) bond motifs is 1. The third kappa shape index (κ3) is 6.68. The third-order valence-corrected chi connectivity index (χ3v) is 8.03. The lowest BCUT2D eigenvalue weighted by Gasteiger charge is -2.34. The average molecular weight is 575 g/mol. The molecule has 1 aliphatic heterocycles. The molecule has 0 radical (unpaired) electrons. The number of amides is 1. The highest BCUT2D eigenvalue weighted by Gasteiger charge is 2.35. The average Bonchev–Trinajstić information content (AvgIpc) is 3.24. The van der Waals surface area contributed by atoms with Crippen LogP contribution in [0, 0.1) is 0 Å². The topological polar surface area (TPSA) is 112 Å². The van der Waals surface area contributed by atoms with E-state index in [1.54, 1.807) is 23.6 Å². The number of halogens is 4. The summed E-state index contributed by atoms with van der Waals surface area (Å²) in [6.45, 7) is 4.04. The second kappa shape index (κ2) is 10.3. The minimum atomic E-state index is -4.57. The van der Waals surface area contributed by atoms with Crippen molar-refractivity contribution in [2.75, 3.05) is 18.1 Å². The van der Waals surface area contributed by atoms with Crippen LogP contribution in [0.15, 0.2) is 30.7 Å². The van der Waals surface area contributed by atoms with Crippen LogP contribution in [-0.2, 0) is 9.84 Å². The number of alkyl halides is 3. The molecule has 0 atom stereocenters. The van der Waals surface area contributed by atoms with Gasteiger partial charge in [-0.3, -0.25) is 4.79 Å². The van der Waals surface area contributed by atoms with E-state index >= 15 is 0 Å². The molecule has 4 heterocycles. The third-order valence-electron chi connectivity index (χ3n) is 6.17. The first-order chi connectivity index (χ1) is 17.6. The van der Waals surface area contributed by atoms with Crippen molar-refractivity contribution in [2.45, 2.75) is 51.2 Å². The van der Waals surface area contributed by atoms with Gasteiger partial charge in [0, 0.05) is 29.6 Å². The maximum atomic E-state index is 13.0. The molecule has 38 heavy (non-hydrogen) atoms. The van der Waals surface area contributed by atoms with E-state index in [0.717, 1.165) is 0 Å². The number of carbonyl (C=O) groups excluding carboxylic acids is 1. The molecular formula is C24H26ClF3N4O5S. The zero-order valence-corrected chi connectivity index (χ0v) is 22.4. The van der Waals surface area contributed by atoms with Gasteiger partial charge in [-0.2, -0.15) is 13.2 Å². The van der Waals surface area contributed by atoms with Crippen LogP contribution in [-0.4, -0.2) is 58.5 Å². The highest BCUT2D eigenvalue weighted by Crippen LogP contribution is 2.36. The number of nitrogens with zero attached hydrogens (tertiary/aromatic N) is 3. The minimum absolute atomic E-state index is 0.000794. The Kier molecular flexibility index (Phi) is 7.54. The Balaban J connectivity index is 1.62. The maximum Gasteiger partial charge on any atom is 0.422 e. The van der Waals surface area contributed by atoms with E-state index in [0.29, 0.717) is 24.1 Å². The highest BCUT2D eigenvalue weighted by molar-refractivity contribution is 7.91. The van der Waals surface area contributed by atoms with Crippen LogP contribution < -0.4 is 14.8 Å². The van der Waals surface area contributed by atoms with E-state index < -0.39 is 34.1 Å². The zero-order chi connectivity index (χ0) is 27.9. The number of pyridine rings is 2. The Hall–Kier alpha value is -3.06. The summed E-state index contributed by atoms with van der Waals surface area (Å²) < 4.78 is 74.0. The van der Waals surface area contributed by atoms with Gasteiger partial charge < -0.3 is 19.2 Å². The Morgan fingerprint density at radius 3 is 2.53 bits per heavy atom. The fraction of sp³-hybridized carbons (Fsp3) is 0.458. The summed E-state index contributed by atoms with van der Waals surface area (Å²) in [4.78, 5) is 21.4. The van der Waals surface area contributed by atoms with Crippen molar-refractivity contribution in [1.82, 2.24) is 19.7 Å². The number of hydrogen-bond acceptors (Lipinski definition) is 7. The van der Waals surface area contributed by atoms with E-state index in [1.165, 1.54) is 18.5 Å². The molecule has 0 bridgehead atoms. The van der Waals surface area contributed by atoms with Crippen molar-refractivity contribution in [3.05, 3.63) is 47.0 Å². The van der Waals surface area contributed by atoms with Crippen LogP contribution in [0.5, 0.6) is 17.4 Å². The van der Waals surface area contributed by atoms with Crippen LogP contribution in [0.4, 0.5) is 13.2 Å². The molecular weight excluding hydrogens is 549 g/mol. The molecule has 3 aromatic rings. The van der Waals surface area contributed by atoms with Crippen LogP contribution in [0.1, 0.15) is 55.6 Å². The second-order valence-corrected chi connectivity index (χ2v) is 12.5. The van der Waals surface area contributed by atoms with Gasteiger partial charge in [0.05, 0.1) is 22.7 Å². The molecule has 206 valence electrons. The first-order valence-corrected chi connectivity index (χ1v) is 13.9. The normalized spacial score (nSPS) is 16.9. The fourth-order valence-corrected chi connectivity index (χ4v) is 5.85. The molecule has 4 rings (SSSR count). The van der Waals surface area contributed by atoms with Gasteiger partial charge in [-0.05, 0) is 31.7 Å². The molecule has 1 saturated heterocycles. The van der Waals surface area contributed by atoms with E-state index in [4.69, 9.17) is 21.1 Å². The molecule has 9 nitrogen and oxygen atoms in total. The number of ether oxygens (including phenoxy) is 2. The quantitative estimate of drug-likeness (QED) is 0.425. The van der Waals surface area contributed by atoms with Crippen LogP contribution in [0.2, 0.25) is 5.02 Å². The number of sulfone groups is 1. The summed E-state index contributed by atoms with van der Waals surface area (Å²) in [7, 11) is -3.10. The van der Waals surface area contributed by atoms with Gasteiger partial charge in [0.25, 0.3) is 11.8 Å². The number of aromatic nitrogens is 3. The number of rotatable bonds is 7. The molecule has 0 spiro atoms. The molecule has 1 amide bonds. The maximum absolute atomic E-state index is 13.0. The van der Waals surface area contributed by atoms with Crippen molar-refractivity contribution in [2.24, 2.45) is 0 Å². The van der Waals surface area contributed by atoms with Crippen molar-refractivity contribution >= 4 is 33.0 Å². The molecule has 0 aromatic carbocycles. The number of nitrogens with one attached hydrogen (secondary N) is 1. The lowest BCUT2D eigenvalue weighted by Crippen LogP contribution is -2.51. The van der Waals surface area contributed by atoms with E-state index in [1.807, 2.05) is 13.8 Å². The molecule has 0 unspecified atom stereocenters. The van der Waals surface area contributed by atoms with Crippen molar-refractivity contribution in [3.8, 4) is 17.4 Å². The van der Waals surface area contributed by atoms with Gasteiger partial charge in [-0.15, -0.1) is 0 Å². The second-order valence-electron chi connectivity index (χ2n) is 9.77. The van der Waals surface area contributed by atoms with Crippen molar-refractivity contribution < 1.29 is 35.9 Å². The van der Waals surface area contributed by atoms with E-state index in [9.17, 15) is 26.4 Å². The summed E-state index contributed by atoms with van der Waals surface area (Å²) in [5.41, 5.74) is 0.548. The SMILES string of the molecule is CC(C)c1cc2nc(C(=O)NC3(C)CCS(=O)(=O)CC3)cn2cc1Oc1ncc(Cl)cc1OCC(F)(F)F. The van der Waals surface area contributed by atoms with Crippen LogP contribution >= 0.6 is 11.6 Å². The Morgan fingerprint density at radius 1 is 1.21 bits per heavy atom. The lowest BCUT2D eigenvalue weighted by atomic mass is 9.95. The lowest BCUT2D eigenvalue weighted by molar-refractivity contribution is -0.153. The van der Waals surface area contributed by atoms with Crippen LogP contribution in [0.3, 0.4) is 0 Å². The smallest absolute Gasteiger partial charge is 0.422 e. The molecule has 0 aliphatic carbocycles. The molecule has 1 N–H and O–H groups in total. The summed E-state index contributed by atoms with van der Waals surface area (Å²) >= 11 is 5.90. The molecule has 1 aliphatic rings. The van der Waals surface area contributed by atoms with Crippen molar-refractivity contribution in [1.29, 1.82) is 0 Å². The summed E-state index contributed by atoms with van der Waals surface area (Å²) in [6, 6.07) is 2.89. The molecule has 14 heteroatoms. The molecule has 1 fully saturated rings. The monoisotopic (exact) mass is 574 g/mol. The minimum Gasteiger partial charge on any atom is -0.478 e. The summed E-state index contributed by atoms with van der Waals surface area (Å²) in [5.74, 6) is -0.754. The van der Waals surface area contributed by atoms with Gasteiger partial charge in [0.1, 0.15) is 26.9 Å². The zero-order valence-electron chi connectivity index (χ0n) is 20.8. The largest absolute Gasteiger partial charge is 0.478 e. The van der Waals surface area contributed by atoms with Gasteiger partial charge in [-0.25, -0.2) is 18.4 Å². The summed E-state index contributed by atoms with van der Waals surface area (Å²) in [6.07, 6.45) is 0.293. The predicted molar refractivity (Wildman–Crippen MR) is 134 cm³/mol. The Bertz CT molecular complexity index is 1460. The predicted octanol–water partition coefficient (Wildman–Crippen LogP) is 4.94. The van der Waals surface area contributed by atoms with E-state index in [2.05, 4.69) is 15.3 Å². The number of carbonyl (C=O) groups is 1. The van der Waals surface area contributed by atoms with Gasteiger partial charge >= 0.3 is 6.18 Å². The molecule has 3 aromatic heterocycles. The fourth-order valence-electron chi connectivity index (χ4n) is 3.98. The Labute approximate surface area is 222 Å². The highest BCUT2D eigenvalue weighted by atomic mass is 35.5. The number of imidazole rings is 1. The van der Waals surface area contributed by atoms with Crippen LogP contribution in [0.25, 0.3) is 5.65 Å². The summed E-state index contributed by atoms with van der Waals surface area (Å²) in [5, 5.41) is 2.97. The Morgan fingerprint density at radius 2 is 1.89 bits per heavy atom. The first kappa shape index (κ1) is 28.0. The van der Waals surface area contributed by atoms with E-state index in [-0.39, 0.29) is 45.5 Å². The van der Waals surface area contributed by atoms with Crippen molar-refractivity contribution in [3.63, 3.8) is 0 Å². The number of hydrogen-bond donors (Lipinski definition) is 1. The van der Waals surface area contributed by atoms with Gasteiger partial charge in [0.15, 0.2) is 12.4 Å².